The second-order valence-electron chi connectivity index (χ2n) is 9.86. The van der Waals surface area contributed by atoms with Gasteiger partial charge in [0.2, 0.25) is 11.7 Å². The van der Waals surface area contributed by atoms with Crippen molar-refractivity contribution < 1.29 is 48.3 Å². The summed E-state index contributed by atoms with van der Waals surface area (Å²) >= 11 is 0. The largest absolute Gasteiger partial charge is 0.478 e. The van der Waals surface area contributed by atoms with E-state index >= 15 is 0 Å². The van der Waals surface area contributed by atoms with Crippen molar-refractivity contribution in [2.24, 2.45) is 0 Å². The Morgan fingerprint density at radius 1 is 0.923 bits per heavy atom. The van der Waals surface area contributed by atoms with E-state index in [1.807, 2.05) is 0 Å². The molecule has 0 aromatic carbocycles. The Hall–Kier alpha value is -2.66. The van der Waals surface area contributed by atoms with E-state index in [1.165, 1.54) is 13.0 Å². The Morgan fingerprint density at radius 3 is 2.03 bits per heavy atom. The molecule has 0 fully saturated rings. The first-order valence-corrected chi connectivity index (χ1v) is 14.1. The average molecular weight is 558 g/mol. The zero-order chi connectivity index (χ0) is 29.2. The molecule has 0 aromatic rings. The number of hydrogen-bond acceptors (Lipinski definition) is 10. The molecule has 1 rings (SSSR count). The molecule has 0 aliphatic carbocycles. The van der Waals surface area contributed by atoms with Gasteiger partial charge in [0.15, 0.2) is 6.10 Å². The maximum Gasteiger partial charge on any atom is 0.373 e. The molecule has 5 atom stereocenters. The molecule has 0 unspecified atom stereocenters. The number of carbonyl (C=O) groups excluding carboxylic acids is 4. The zero-order valence-corrected chi connectivity index (χ0v) is 23.8. The predicted molar refractivity (Wildman–Crippen MR) is 142 cm³/mol. The summed E-state index contributed by atoms with van der Waals surface area (Å²) in [5.74, 6) is -2.81. The van der Waals surface area contributed by atoms with Crippen LogP contribution in [0.1, 0.15) is 97.8 Å². The van der Waals surface area contributed by atoms with Crippen molar-refractivity contribution >= 4 is 23.8 Å². The van der Waals surface area contributed by atoms with Crippen molar-refractivity contribution in [3.63, 3.8) is 0 Å². The average Bonchev–Trinajstić information content (AvgIpc) is 2.91. The van der Waals surface area contributed by atoms with Crippen LogP contribution in [0.4, 0.5) is 0 Å². The molecular formula is C28H47NO10. The third kappa shape index (κ3) is 13.3. The van der Waals surface area contributed by atoms with Gasteiger partial charge in [0.05, 0.1) is 7.11 Å². The van der Waals surface area contributed by atoms with E-state index in [4.69, 9.17) is 18.9 Å². The topological polar surface area (TPSA) is 158 Å². The normalized spacial score (nSPS) is 20.2. The van der Waals surface area contributed by atoms with E-state index < -0.39 is 60.9 Å². The van der Waals surface area contributed by atoms with Crippen LogP contribution >= 0.6 is 0 Å². The van der Waals surface area contributed by atoms with Crippen LogP contribution in [0.25, 0.3) is 0 Å². The minimum atomic E-state index is -1.72. The fourth-order valence-electron chi connectivity index (χ4n) is 4.23. The molecular weight excluding hydrogens is 510 g/mol. The number of esters is 3. The van der Waals surface area contributed by atoms with E-state index in [0.29, 0.717) is 12.8 Å². The van der Waals surface area contributed by atoms with Crippen molar-refractivity contribution in [2.45, 2.75) is 128 Å². The Balaban J connectivity index is 2.92. The number of hydrogen-bond donors (Lipinski definition) is 3. The summed E-state index contributed by atoms with van der Waals surface area (Å²) in [6, 6.07) is -1.14. The highest BCUT2D eigenvalue weighted by Gasteiger charge is 2.45. The number of nitrogens with one attached hydrogen (secondary N) is 1. The summed E-state index contributed by atoms with van der Waals surface area (Å²) in [6.45, 7) is 4.89. The SMILES string of the molecule is CCCCCCCC(=O)OC[C@@H](O)[C@@H](O)[C@@H]1OC(C(=O)OC)=C[C@H](OC(=O)CCCCCCC)[C@H]1NC(C)=O. The standard InChI is InChI=1S/C28H47NO10/c1-5-7-9-11-13-15-23(32)37-18-20(31)26(34)27-25(29-19(3)30)21(17-22(39-27)28(35)36-4)38-24(33)16-14-12-10-8-6-2/h17,20-21,25-27,31,34H,5-16,18H2,1-4H3,(H,29,30)/t20-,21+,25-,26-,27-/m1/s1. The van der Waals surface area contributed by atoms with Gasteiger partial charge < -0.3 is 34.5 Å². The molecule has 0 radical (unpaired) electrons. The van der Waals surface area contributed by atoms with E-state index in [9.17, 15) is 29.4 Å². The third-order valence-electron chi connectivity index (χ3n) is 6.43. The summed E-state index contributed by atoms with van der Waals surface area (Å²) in [4.78, 5) is 48.9. The van der Waals surface area contributed by atoms with E-state index in [-0.39, 0.29) is 18.6 Å². The number of carbonyl (C=O) groups is 4. The quantitative estimate of drug-likeness (QED) is 0.122. The molecule has 0 saturated heterocycles. The lowest BCUT2D eigenvalue weighted by Crippen LogP contribution is -2.60. The first kappa shape index (κ1) is 34.4. The van der Waals surface area contributed by atoms with Crippen LogP contribution in [0, 0.1) is 0 Å². The maximum atomic E-state index is 12.6. The smallest absolute Gasteiger partial charge is 0.373 e. The molecule has 1 aliphatic rings. The number of aliphatic hydroxyl groups excluding tert-OH is 2. The number of ether oxygens (including phenoxy) is 4. The van der Waals surface area contributed by atoms with Crippen LogP contribution < -0.4 is 5.32 Å². The second-order valence-corrected chi connectivity index (χ2v) is 9.86. The minimum Gasteiger partial charge on any atom is -0.478 e. The Bertz CT molecular complexity index is 799. The van der Waals surface area contributed by atoms with Gasteiger partial charge in [-0.25, -0.2) is 4.79 Å². The lowest BCUT2D eigenvalue weighted by atomic mass is 9.93. The molecule has 0 saturated carbocycles. The molecule has 0 aromatic heterocycles. The molecule has 11 heteroatoms. The summed E-state index contributed by atoms with van der Waals surface area (Å²) < 4.78 is 21.0. The highest BCUT2D eigenvalue weighted by Crippen LogP contribution is 2.26. The van der Waals surface area contributed by atoms with Gasteiger partial charge in [-0.2, -0.15) is 0 Å². The summed E-state index contributed by atoms with van der Waals surface area (Å²) in [6.07, 6.45) is 4.97. The van der Waals surface area contributed by atoms with Gasteiger partial charge in [0.1, 0.15) is 31.0 Å². The van der Waals surface area contributed by atoms with Gasteiger partial charge in [-0.15, -0.1) is 0 Å². The van der Waals surface area contributed by atoms with Crippen LogP contribution in [0.15, 0.2) is 11.8 Å². The van der Waals surface area contributed by atoms with Crippen LogP contribution in [-0.4, -0.2) is 78.2 Å². The van der Waals surface area contributed by atoms with Crippen LogP contribution in [-0.2, 0) is 38.1 Å². The Labute approximate surface area is 231 Å². The van der Waals surface area contributed by atoms with E-state index in [1.54, 1.807) is 0 Å². The molecule has 3 N–H and O–H groups in total. The summed E-state index contributed by atoms with van der Waals surface area (Å²) in [5.41, 5.74) is 0. The molecule has 1 heterocycles. The van der Waals surface area contributed by atoms with E-state index in [2.05, 4.69) is 19.2 Å². The van der Waals surface area contributed by atoms with E-state index in [0.717, 1.165) is 58.5 Å². The van der Waals surface area contributed by atoms with Gasteiger partial charge in [0.25, 0.3) is 0 Å². The number of unbranched alkanes of at least 4 members (excludes halogenated alkanes) is 8. The number of methoxy groups -OCH3 is 1. The molecule has 39 heavy (non-hydrogen) atoms. The lowest BCUT2D eigenvalue weighted by molar-refractivity contribution is -0.167. The fraction of sp³-hybridized carbons (Fsp3) is 0.786. The van der Waals surface area contributed by atoms with Crippen molar-refractivity contribution in [1.82, 2.24) is 5.32 Å². The molecule has 1 amide bonds. The molecule has 0 spiro atoms. The van der Waals surface area contributed by atoms with Crippen LogP contribution in [0.3, 0.4) is 0 Å². The van der Waals surface area contributed by atoms with Crippen LogP contribution in [0.2, 0.25) is 0 Å². The fourth-order valence-corrected chi connectivity index (χ4v) is 4.23. The molecule has 224 valence electrons. The van der Waals surface area contributed by atoms with Crippen molar-refractivity contribution in [3.8, 4) is 0 Å². The molecule has 11 nitrogen and oxygen atoms in total. The predicted octanol–water partition coefficient (Wildman–Crippen LogP) is 2.84. The van der Waals surface area contributed by atoms with Gasteiger partial charge in [0, 0.05) is 25.8 Å². The van der Waals surface area contributed by atoms with Gasteiger partial charge in [-0.3, -0.25) is 14.4 Å². The molecule has 1 aliphatic heterocycles. The number of amides is 1. The Kier molecular flexibility index (Phi) is 17.1. The second kappa shape index (κ2) is 19.4. The highest BCUT2D eigenvalue weighted by atomic mass is 16.6. The first-order valence-electron chi connectivity index (χ1n) is 14.1. The van der Waals surface area contributed by atoms with Crippen LogP contribution in [0.5, 0.6) is 0 Å². The van der Waals surface area contributed by atoms with Gasteiger partial charge >= 0.3 is 17.9 Å². The third-order valence-corrected chi connectivity index (χ3v) is 6.43. The van der Waals surface area contributed by atoms with Gasteiger partial charge in [-0.05, 0) is 12.8 Å². The highest BCUT2D eigenvalue weighted by molar-refractivity contribution is 5.86. The monoisotopic (exact) mass is 557 g/mol. The van der Waals surface area contributed by atoms with Crippen molar-refractivity contribution in [1.29, 1.82) is 0 Å². The molecule has 0 bridgehead atoms. The number of aliphatic hydroxyl groups is 2. The minimum absolute atomic E-state index is 0.138. The first-order chi connectivity index (χ1) is 18.6. The Morgan fingerprint density at radius 2 is 1.49 bits per heavy atom. The summed E-state index contributed by atoms with van der Waals surface area (Å²) in [5, 5.41) is 24.1. The van der Waals surface area contributed by atoms with Gasteiger partial charge in [-0.1, -0.05) is 65.2 Å². The maximum absolute atomic E-state index is 12.6. The zero-order valence-electron chi connectivity index (χ0n) is 23.8. The van der Waals surface area contributed by atoms with Crippen molar-refractivity contribution in [2.75, 3.05) is 13.7 Å². The number of rotatable bonds is 19. The van der Waals surface area contributed by atoms with Crippen molar-refractivity contribution in [3.05, 3.63) is 11.8 Å². The summed E-state index contributed by atoms with van der Waals surface area (Å²) in [7, 11) is 1.13. The lowest BCUT2D eigenvalue weighted by Gasteiger charge is -2.39.